The lowest BCUT2D eigenvalue weighted by atomic mass is 10.2. The maximum Gasteiger partial charge on any atom is 0.263 e. The van der Waals surface area contributed by atoms with E-state index < -0.39 is 20.9 Å². The molecule has 1 unspecified atom stereocenters. The Kier molecular flexibility index (Phi) is 3.65. The van der Waals surface area contributed by atoms with Crippen molar-refractivity contribution in [2.45, 2.75) is 18.0 Å². The number of rotatable bonds is 2. The largest absolute Gasteiger partial charge is 0.301 e. The third-order valence-corrected chi connectivity index (χ3v) is 5.03. The lowest BCUT2D eigenvalue weighted by Crippen LogP contribution is -2.52. The Morgan fingerprint density at radius 1 is 1.44 bits per heavy atom. The highest BCUT2D eigenvalue weighted by Crippen LogP contribution is 2.19. The van der Waals surface area contributed by atoms with Crippen molar-refractivity contribution < 1.29 is 12.8 Å². The second-order valence-corrected chi connectivity index (χ2v) is 6.34. The zero-order valence-electron chi connectivity index (χ0n) is 10.4. The fraction of sp³-hybridized carbons (Fsp3) is 0.545. The topological polar surface area (TPSA) is 53.5 Å². The van der Waals surface area contributed by atoms with E-state index in [1.807, 2.05) is 14.0 Å². The number of halogens is 1. The summed E-state index contributed by atoms with van der Waals surface area (Å²) in [6, 6.07) is 2.60. The number of pyridine rings is 1. The average Bonchev–Trinajstić information content (AvgIpc) is 2.33. The maximum absolute atomic E-state index is 13.5. The van der Waals surface area contributed by atoms with Crippen LogP contribution in [0, 0.1) is 5.82 Å². The average molecular weight is 273 g/mol. The molecule has 1 saturated heterocycles. The van der Waals surface area contributed by atoms with Crippen LogP contribution in [0.1, 0.15) is 6.92 Å². The van der Waals surface area contributed by atoms with Gasteiger partial charge in [-0.2, -0.15) is 4.31 Å². The van der Waals surface area contributed by atoms with Gasteiger partial charge in [-0.3, -0.25) is 0 Å². The first-order valence-electron chi connectivity index (χ1n) is 5.74. The third kappa shape index (κ3) is 2.38. The van der Waals surface area contributed by atoms with E-state index in [1.165, 1.54) is 16.6 Å². The fourth-order valence-electron chi connectivity index (χ4n) is 1.92. The molecule has 1 aliphatic rings. The first-order chi connectivity index (χ1) is 8.43. The second-order valence-electron chi connectivity index (χ2n) is 4.48. The van der Waals surface area contributed by atoms with Gasteiger partial charge in [-0.25, -0.2) is 17.8 Å². The molecule has 0 aliphatic carbocycles. The van der Waals surface area contributed by atoms with Crippen LogP contribution in [-0.4, -0.2) is 55.3 Å². The zero-order valence-corrected chi connectivity index (χ0v) is 11.2. The summed E-state index contributed by atoms with van der Waals surface area (Å²) in [6.07, 6.45) is 1.29. The minimum absolute atomic E-state index is 0.111. The molecule has 1 aromatic heterocycles. The highest BCUT2D eigenvalue weighted by Gasteiger charge is 2.33. The molecular formula is C11H16FN3O2S. The summed E-state index contributed by atoms with van der Waals surface area (Å²) in [6.45, 7) is 3.29. The Bertz CT molecular complexity index is 535. The number of nitrogens with zero attached hydrogens (tertiary/aromatic N) is 3. The van der Waals surface area contributed by atoms with E-state index in [1.54, 1.807) is 0 Å². The Balaban J connectivity index is 2.30. The van der Waals surface area contributed by atoms with Gasteiger partial charge in [-0.05, 0) is 26.1 Å². The lowest BCUT2D eigenvalue weighted by molar-refractivity contribution is 0.159. The highest BCUT2D eigenvalue weighted by molar-refractivity contribution is 7.89. The summed E-state index contributed by atoms with van der Waals surface area (Å²) in [5, 5.41) is -0.484. The number of sulfonamides is 1. The van der Waals surface area contributed by atoms with Crippen LogP contribution >= 0.6 is 0 Å². The predicted octanol–water partition coefficient (Wildman–Crippen LogP) is 0.545. The van der Waals surface area contributed by atoms with E-state index in [9.17, 15) is 12.8 Å². The summed E-state index contributed by atoms with van der Waals surface area (Å²) in [5.74, 6) is -0.802. The Hall–Kier alpha value is -1.05. The number of likely N-dealkylation sites (N-methyl/N-ethyl adjacent to an activating group) is 1. The van der Waals surface area contributed by atoms with Crippen LogP contribution in [0.25, 0.3) is 0 Å². The molecular weight excluding hydrogens is 257 g/mol. The van der Waals surface area contributed by atoms with Gasteiger partial charge in [0.05, 0.1) is 0 Å². The molecule has 5 nitrogen and oxygen atoms in total. The van der Waals surface area contributed by atoms with E-state index in [2.05, 4.69) is 9.88 Å². The van der Waals surface area contributed by atoms with Crippen LogP contribution in [0.4, 0.5) is 4.39 Å². The maximum atomic E-state index is 13.5. The van der Waals surface area contributed by atoms with E-state index >= 15 is 0 Å². The van der Waals surface area contributed by atoms with Gasteiger partial charge in [0.2, 0.25) is 5.03 Å². The summed E-state index contributed by atoms with van der Waals surface area (Å²) in [5.41, 5.74) is 0. The molecule has 2 rings (SSSR count). The Morgan fingerprint density at radius 3 is 2.78 bits per heavy atom. The van der Waals surface area contributed by atoms with Crippen LogP contribution in [0.15, 0.2) is 23.4 Å². The summed E-state index contributed by atoms with van der Waals surface area (Å²) < 4.78 is 39.4. The standard InChI is InChI=1S/C11H16FN3O2S/c1-9-8-15(7-6-14(9)2)18(16,17)11-10(12)4-3-5-13-11/h3-5,9H,6-8H2,1-2H3. The zero-order chi connectivity index (χ0) is 13.3. The number of piperazine rings is 1. The first kappa shape index (κ1) is 13.4. The smallest absolute Gasteiger partial charge is 0.263 e. The highest BCUT2D eigenvalue weighted by atomic mass is 32.2. The van der Waals surface area contributed by atoms with E-state index in [0.717, 1.165) is 6.07 Å². The van der Waals surface area contributed by atoms with E-state index in [0.29, 0.717) is 19.6 Å². The Labute approximate surface area is 106 Å². The van der Waals surface area contributed by atoms with Gasteiger partial charge in [-0.1, -0.05) is 0 Å². The van der Waals surface area contributed by atoms with Gasteiger partial charge >= 0.3 is 0 Å². The van der Waals surface area contributed by atoms with Crippen molar-refractivity contribution in [3.8, 4) is 0 Å². The van der Waals surface area contributed by atoms with Crippen molar-refractivity contribution in [3.05, 3.63) is 24.1 Å². The molecule has 0 radical (unpaired) electrons. The van der Waals surface area contributed by atoms with Crippen LogP contribution in [0.5, 0.6) is 0 Å². The third-order valence-electron chi connectivity index (χ3n) is 3.23. The molecule has 0 amide bonds. The number of aromatic nitrogens is 1. The van der Waals surface area contributed by atoms with Crippen molar-refractivity contribution in [1.82, 2.24) is 14.2 Å². The molecule has 1 aliphatic heterocycles. The van der Waals surface area contributed by atoms with Crippen LogP contribution in [0.3, 0.4) is 0 Å². The van der Waals surface area contributed by atoms with Crippen molar-refractivity contribution in [3.63, 3.8) is 0 Å². The summed E-state index contributed by atoms with van der Waals surface area (Å²) in [7, 11) is -1.89. The number of hydrogen-bond donors (Lipinski definition) is 0. The lowest BCUT2D eigenvalue weighted by Gasteiger charge is -2.36. The van der Waals surface area contributed by atoms with Gasteiger partial charge in [0.15, 0.2) is 5.82 Å². The monoisotopic (exact) mass is 273 g/mol. The second kappa shape index (κ2) is 4.91. The SMILES string of the molecule is CC1CN(S(=O)(=O)c2ncccc2F)CCN1C. The van der Waals surface area contributed by atoms with Gasteiger partial charge < -0.3 is 4.90 Å². The van der Waals surface area contributed by atoms with Crippen molar-refractivity contribution >= 4 is 10.0 Å². The van der Waals surface area contributed by atoms with Crippen molar-refractivity contribution in [1.29, 1.82) is 0 Å². The Morgan fingerprint density at radius 2 is 2.17 bits per heavy atom. The molecule has 1 atom stereocenters. The molecule has 1 fully saturated rings. The molecule has 2 heterocycles. The van der Waals surface area contributed by atoms with E-state index in [4.69, 9.17) is 0 Å². The van der Waals surface area contributed by atoms with Gasteiger partial charge in [-0.15, -0.1) is 0 Å². The van der Waals surface area contributed by atoms with E-state index in [-0.39, 0.29) is 6.04 Å². The predicted molar refractivity (Wildman–Crippen MR) is 65.0 cm³/mol. The quantitative estimate of drug-likeness (QED) is 0.789. The molecule has 7 heteroatoms. The first-order valence-corrected chi connectivity index (χ1v) is 7.18. The molecule has 0 aromatic carbocycles. The molecule has 0 saturated carbocycles. The normalized spacial score (nSPS) is 23.2. The van der Waals surface area contributed by atoms with Crippen LogP contribution in [-0.2, 0) is 10.0 Å². The van der Waals surface area contributed by atoms with Gasteiger partial charge in [0, 0.05) is 31.9 Å². The summed E-state index contributed by atoms with van der Waals surface area (Å²) >= 11 is 0. The molecule has 18 heavy (non-hydrogen) atoms. The van der Waals surface area contributed by atoms with Crippen molar-refractivity contribution in [2.75, 3.05) is 26.7 Å². The van der Waals surface area contributed by atoms with Gasteiger partial charge in [0.25, 0.3) is 10.0 Å². The molecule has 100 valence electrons. The van der Waals surface area contributed by atoms with Crippen LogP contribution in [0.2, 0.25) is 0 Å². The minimum Gasteiger partial charge on any atom is -0.301 e. The number of hydrogen-bond acceptors (Lipinski definition) is 4. The molecule has 0 bridgehead atoms. The molecule has 0 N–H and O–H groups in total. The van der Waals surface area contributed by atoms with Gasteiger partial charge in [0.1, 0.15) is 0 Å². The minimum atomic E-state index is -3.83. The molecule has 1 aromatic rings. The molecule has 0 spiro atoms. The van der Waals surface area contributed by atoms with Crippen LogP contribution < -0.4 is 0 Å². The fourth-order valence-corrected chi connectivity index (χ4v) is 3.40. The summed E-state index contributed by atoms with van der Waals surface area (Å²) in [4.78, 5) is 5.72. The van der Waals surface area contributed by atoms with Crippen molar-refractivity contribution in [2.24, 2.45) is 0 Å².